The zero-order chi connectivity index (χ0) is 20.3. The molecule has 0 bridgehead atoms. The maximum absolute atomic E-state index is 12.7. The Morgan fingerprint density at radius 3 is 2.28 bits per heavy atom. The van der Waals surface area contributed by atoms with Crippen molar-refractivity contribution in [2.45, 2.75) is 32.3 Å². The number of aryl methyl sites for hydroxylation is 1. The highest BCUT2D eigenvalue weighted by Gasteiger charge is 2.19. The van der Waals surface area contributed by atoms with E-state index in [-0.39, 0.29) is 5.91 Å². The molecule has 0 saturated carbocycles. The van der Waals surface area contributed by atoms with Gasteiger partial charge in [0.15, 0.2) is 6.10 Å². The quantitative estimate of drug-likeness (QED) is 0.466. The van der Waals surface area contributed by atoms with Gasteiger partial charge in [0.1, 0.15) is 11.5 Å². The van der Waals surface area contributed by atoms with Gasteiger partial charge in [-0.3, -0.25) is 4.79 Å². The van der Waals surface area contributed by atoms with Crippen LogP contribution in [0.25, 0.3) is 0 Å². The molecule has 0 aromatic heterocycles. The van der Waals surface area contributed by atoms with Gasteiger partial charge in [0.25, 0.3) is 5.91 Å². The molecule has 0 aliphatic rings. The molecule has 29 heavy (non-hydrogen) atoms. The first kappa shape index (κ1) is 20.5. The Labute approximate surface area is 172 Å². The molecule has 3 aromatic carbocycles. The van der Waals surface area contributed by atoms with Crippen molar-refractivity contribution >= 4 is 11.6 Å². The second kappa shape index (κ2) is 10.9. The van der Waals surface area contributed by atoms with Crippen LogP contribution in [-0.4, -0.2) is 18.6 Å². The van der Waals surface area contributed by atoms with E-state index in [9.17, 15) is 4.79 Å². The van der Waals surface area contributed by atoms with Crippen LogP contribution in [0.2, 0.25) is 0 Å². The van der Waals surface area contributed by atoms with Crippen LogP contribution in [0.5, 0.6) is 11.5 Å². The van der Waals surface area contributed by atoms with E-state index in [2.05, 4.69) is 17.4 Å². The molecule has 1 atom stereocenters. The number of nitrogens with one attached hydrogen (secondary N) is 1. The van der Waals surface area contributed by atoms with Gasteiger partial charge in [0.05, 0.1) is 12.3 Å². The van der Waals surface area contributed by atoms with E-state index in [1.54, 1.807) is 0 Å². The number of carbonyl (C=O) groups is 1. The molecule has 0 radical (unpaired) electrons. The summed E-state index contributed by atoms with van der Waals surface area (Å²) in [6.07, 6.45) is 1.86. The maximum atomic E-state index is 12.7. The number of ether oxygens (including phenoxy) is 2. The van der Waals surface area contributed by atoms with Crippen molar-refractivity contribution in [2.75, 3.05) is 11.9 Å². The standard InChI is InChI=1S/C25H27NO3/c1-2-23(29-21-15-7-4-8-16-21)25(27)26-22-17-9-10-18-24(22)28-19-11-14-20-12-5-3-6-13-20/h3-10,12-13,15-18,23H,2,11,14,19H2,1H3,(H,26,27). The molecule has 0 saturated heterocycles. The van der Waals surface area contributed by atoms with Gasteiger partial charge < -0.3 is 14.8 Å². The number of benzene rings is 3. The number of carbonyl (C=O) groups excluding carboxylic acids is 1. The van der Waals surface area contributed by atoms with Crippen molar-refractivity contribution in [3.8, 4) is 11.5 Å². The van der Waals surface area contributed by atoms with Crippen LogP contribution < -0.4 is 14.8 Å². The molecule has 4 heteroatoms. The molecule has 3 aromatic rings. The molecular weight excluding hydrogens is 362 g/mol. The van der Waals surface area contributed by atoms with Crippen molar-refractivity contribution in [2.24, 2.45) is 0 Å². The van der Waals surface area contributed by atoms with Crippen molar-refractivity contribution in [3.63, 3.8) is 0 Å². The van der Waals surface area contributed by atoms with Crippen molar-refractivity contribution in [3.05, 3.63) is 90.5 Å². The minimum absolute atomic E-state index is 0.184. The lowest BCUT2D eigenvalue weighted by atomic mass is 10.1. The highest BCUT2D eigenvalue weighted by molar-refractivity contribution is 5.95. The molecule has 0 spiro atoms. The predicted molar refractivity (Wildman–Crippen MR) is 116 cm³/mol. The minimum atomic E-state index is -0.566. The van der Waals surface area contributed by atoms with Crippen LogP contribution in [0.4, 0.5) is 5.69 Å². The molecule has 1 unspecified atom stereocenters. The van der Waals surface area contributed by atoms with E-state index in [4.69, 9.17) is 9.47 Å². The zero-order valence-electron chi connectivity index (χ0n) is 16.7. The van der Waals surface area contributed by atoms with E-state index < -0.39 is 6.10 Å². The van der Waals surface area contributed by atoms with Gasteiger partial charge in [0.2, 0.25) is 0 Å². The van der Waals surface area contributed by atoms with Crippen LogP contribution in [0, 0.1) is 0 Å². The molecule has 0 aliphatic carbocycles. The highest BCUT2D eigenvalue weighted by atomic mass is 16.5. The fourth-order valence-electron chi connectivity index (χ4n) is 3.00. The van der Waals surface area contributed by atoms with Crippen molar-refractivity contribution < 1.29 is 14.3 Å². The van der Waals surface area contributed by atoms with Gasteiger partial charge >= 0.3 is 0 Å². The van der Waals surface area contributed by atoms with Gasteiger partial charge in [-0.25, -0.2) is 0 Å². The third-order valence-corrected chi connectivity index (χ3v) is 4.54. The molecule has 0 heterocycles. The highest BCUT2D eigenvalue weighted by Crippen LogP contribution is 2.25. The van der Waals surface area contributed by atoms with Crippen LogP contribution in [0.15, 0.2) is 84.9 Å². The van der Waals surface area contributed by atoms with Crippen molar-refractivity contribution in [1.29, 1.82) is 0 Å². The van der Waals surface area contributed by atoms with Crippen LogP contribution >= 0.6 is 0 Å². The Hall–Kier alpha value is -3.27. The van der Waals surface area contributed by atoms with Crippen LogP contribution in [0.1, 0.15) is 25.3 Å². The third-order valence-electron chi connectivity index (χ3n) is 4.54. The van der Waals surface area contributed by atoms with Gasteiger partial charge in [-0.2, -0.15) is 0 Å². The maximum Gasteiger partial charge on any atom is 0.265 e. The average Bonchev–Trinajstić information content (AvgIpc) is 2.77. The van der Waals surface area contributed by atoms with Gasteiger partial charge in [-0.15, -0.1) is 0 Å². The minimum Gasteiger partial charge on any atom is -0.491 e. The average molecular weight is 389 g/mol. The Morgan fingerprint density at radius 2 is 1.55 bits per heavy atom. The fraction of sp³-hybridized carbons (Fsp3) is 0.240. The summed E-state index contributed by atoms with van der Waals surface area (Å²) >= 11 is 0. The van der Waals surface area contributed by atoms with Gasteiger partial charge in [-0.05, 0) is 49.1 Å². The smallest absolute Gasteiger partial charge is 0.265 e. The molecule has 4 nitrogen and oxygen atoms in total. The largest absolute Gasteiger partial charge is 0.491 e. The van der Waals surface area contributed by atoms with E-state index in [1.165, 1.54) is 5.56 Å². The first-order valence-corrected chi connectivity index (χ1v) is 10.0. The fourth-order valence-corrected chi connectivity index (χ4v) is 3.00. The molecule has 1 N–H and O–H groups in total. The molecule has 0 fully saturated rings. The van der Waals surface area contributed by atoms with E-state index in [0.29, 0.717) is 30.2 Å². The lowest BCUT2D eigenvalue weighted by Crippen LogP contribution is -2.32. The second-order valence-electron chi connectivity index (χ2n) is 6.75. The van der Waals surface area contributed by atoms with Gasteiger partial charge in [-0.1, -0.05) is 67.6 Å². The Bertz CT molecular complexity index is 881. The lowest BCUT2D eigenvalue weighted by Gasteiger charge is -2.18. The summed E-state index contributed by atoms with van der Waals surface area (Å²) in [6.45, 7) is 2.51. The van der Waals surface area contributed by atoms with Crippen LogP contribution in [-0.2, 0) is 11.2 Å². The van der Waals surface area contributed by atoms with E-state index in [0.717, 1.165) is 12.8 Å². The summed E-state index contributed by atoms with van der Waals surface area (Å²) < 4.78 is 11.8. The summed E-state index contributed by atoms with van der Waals surface area (Å²) in [5, 5.41) is 2.95. The summed E-state index contributed by atoms with van der Waals surface area (Å²) in [5.74, 6) is 1.17. The lowest BCUT2D eigenvalue weighted by molar-refractivity contribution is -0.122. The van der Waals surface area contributed by atoms with E-state index in [1.807, 2.05) is 79.7 Å². The number of hydrogen-bond acceptors (Lipinski definition) is 3. The number of hydrogen-bond donors (Lipinski definition) is 1. The Morgan fingerprint density at radius 1 is 0.897 bits per heavy atom. The number of amides is 1. The molecule has 0 aliphatic heterocycles. The number of anilines is 1. The van der Waals surface area contributed by atoms with Crippen LogP contribution in [0.3, 0.4) is 0 Å². The summed E-state index contributed by atoms with van der Waals surface area (Å²) in [5.41, 5.74) is 1.95. The summed E-state index contributed by atoms with van der Waals surface area (Å²) in [4.78, 5) is 12.7. The van der Waals surface area contributed by atoms with E-state index >= 15 is 0 Å². The van der Waals surface area contributed by atoms with Crippen molar-refractivity contribution in [1.82, 2.24) is 0 Å². The SMILES string of the molecule is CCC(Oc1ccccc1)C(=O)Nc1ccccc1OCCCc1ccccc1. The summed E-state index contributed by atoms with van der Waals surface area (Å²) in [6, 6.07) is 27.2. The molecule has 3 rings (SSSR count). The predicted octanol–water partition coefficient (Wildman–Crippen LogP) is 5.49. The molecule has 150 valence electrons. The molecular formula is C25H27NO3. The first-order valence-electron chi connectivity index (χ1n) is 10.0. The first-order chi connectivity index (χ1) is 14.3. The van der Waals surface area contributed by atoms with Gasteiger partial charge in [0, 0.05) is 0 Å². The Balaban J connectivity index is 1.55. The normalized spacial score (nSPS) is 11.5. The topological polar surface area (TPSA) is 47.6 Å². The number of rotatable bonds is 10. The third kappa shape index (κ3) is 6.39. The molecule has 1 amide bonds. The second-order valence-corrected chi connectivity index (χ2v) is 6.75. The summed E-state index contributed by atoms with van der Waals surface area (Å²) in [7, 11) is 0. The zero-order valence-corrected chi connectivity index (χ0v) is 16.7. The number of para-hydroxylation sites is 3. The monoisotopic (exact) mass is 389 g/mol. The Kier molecular flexibility index (Phi) is 7.70.